The van der Waals surface area contributed by atoms with Crippen molar-refractivity contribution in [2.24, 2.45) is 0 Å². The first-order valence-electron chi connectivity index (χ1n) is 9.40. The number of thiophene rings is 1. The zero-order valence-electron chi connectivity index (χ0n) is 15.5. The third kappa shape index (κ3) is 3.73. The van der Waals surface area contributed by atoms with Gasteiger partial charge in [0, 0.05) is 41.2 Å². The van der Waals surface area contributed by atoms with Crippen LogP contribution in [0.4, 0.5) is 0 Å². The van der Waals surface area contributed by atoms with Crippen LogP contribution in [0.15, 0.2) is 30.6 Å². The molecule has 0 saturated carbocycles. The average molecular weight is 371 g/mol. The minimum Gasteiger partial charge on any atom is -0.313 e. The molecule has 0 bridgehead atoms. The molecule has 1 saturated heterocycles. The SMILES string of the molecule is CCn1c(Cn2cccn2)nnc1C1CCN(Cc2ccc(C)s2)CC1. The van der Waals surface area contributed by atoms with E-state index in [-0.39, 0.29) is 0 Å². The molecule has 26 heavy (non-hydrogen) atoms. The molecule has 0 aromatic carbocycles. The Morgan fingerprint density at radius 1 is 1.15 bits per heavy atom. The predicted octanol–water partition coefficient (Wildman–Crippen LogP) is 3.29. The molecule has 7 heteroatoms. The van der Waals surface area contributed by atoms with Gasteiger partial charge >= 0.3 is 0 Å². The molecule has 0 atom stereocenters. The van der Waals surface area contributed by atoms with Crippen LogP contribution < -0.4 is 0 Å². The predicted molar refractivity (Wildman–Crippen MR) is 103 cm³/mol. The Labute approximate surface area is 158 Å². The van der Waals surface area contributed by atoms with E-state index in [1.54, 1.807) is 6.20 Å². The van der Waals surface area contributed by atoms with Gasteiger partial charge in [-0.15, -0.1) is 21.5 Å². The highest BCUT2D eigenvalue weighted by molar-refractivity contribution is 7.11. The quantitative estimate of drug-likeness (QED) is 0.668. The fraction of sp³-hybridized carbons (Fsp3) is 0.526. The third-order valence-electron chi connectivity index (χ3n) is 5.16. The van der Waals surface area contributed by atoms with Crippen molar-refractivity contribution in [2.45, 2.75) is 52.2 Å². The molecule has 1 fully saturated rings. The van der Waals surface area contributed by atoms with Gasteiger partial charge in [0.15, 0.2) is 5.82 Å². The lowest BCUT2D eigenvalue weighted by molar-refractivity contribution is 0.201. The Balaban J connectivity index is 1.40. The molecule has 4 heterocycles. The maximum absolute atomic E-state index is 4.56. The average Bonchev–Trinajstić information content (AvgIpc) is 3.38. The van der Waals surface area contributed by atoms with Gasteiger partial charge in [-0.25, -0.2) is 0 Å². The van der Waals surface area contributed by atoms with E-state index in [0.717, 1.165) is 50.7 Å². The molecule has 1 aliphatic rings. The van der Waals surface area contributed by atoms with Crippen LogP contribution in [-0.4, -0.2) is 42.5 Å². The molecule has 0 amide bonds. The molecule has 0 radical (unpaired) electrons. The summed E-state index contributed by atoms with van der Waals surface area (Å²) in [6.07, 6.45) is 6.09. The van der Waals surface area contributed by atoms with Crippen LogP contribution in [0, 0.1) is 6.92 Å². The summed E-state index contributed by atoms with van der Waals surface area (Å²) in [4.78, 5) is 5.44. The standard InChI is InChI=1S/C19H26N6S/c1-3-25-18(14-24-10-4-9-20-24)21-22-19(25)16-7-11-23(12-8-16)13-17-6-5-15(2)26-17/h4-6,9-10,16H,3,7-8,11-14H2,1-2H3. The van der Waals surface area contributed by atoms with Crippen LogP contribution in [0.25, 0.3) is 0 Å². The second kappa shape index (κ2) is 7.72. The van der Waals surface area contributed by atoms with Crippen molar-refractivity contribution in [2.75, 3.05) is 13.1 Å². The number of piperidine rings is 1. The van der Waals surface area contributed by atoms with Crippen LogP contribution >= 0.6 is 11.3 Å². The van der Waals surface area contributed by atoms with Gasteiger partial charge in [-0.1, -0.05) is 0 Å². The van der Waals surface area contributed by atoms with Crippen LogP contribution in [0.5, 0.6) is 0 Å². The number of hydrogen-bond acceptors (Lipinski definition) is 5. The van der Waals surface area contributed by atoms with Crippen molar-refractivity contribution in [3.63, 3.8) is 0 Å². The maximum atomic E-state index is 4.56. The first-order chi connectivity index (χ1) is 12.7. The van der Waals surface area contributed by atoms with Gasteiger partial charge in [0.05, 0.1) is 0 Å². The zero-order valence-corrected chi connectivity index (χ0v) is 16.3. The highest BCUT2D eigenvalue weighted by atomic mass is 32.1. The molecule has 3 aromatic rings. The van der Waals surface area contributed by atoms with E-state index in [2.05, 4.69) is 50.7 Å². The van der Waals surface area contributed by atoms with E-state index in [0.29, 0.717) is 12.5 Å². The van der Waals surface area contributed by atoms with Crippen LogP contribution in [0.3, 0.4) is 0 Å². The maximum Gasteiger partial charge on any atom is 0.154 e. The molecule has 138 valence electrons. The number of aryl methyl sites for hydroxylation is 1. The highest BCUT2D eigenvalue weighted by Gasteiger charge is 2.26. The van der Waals surface area contributed by atoms with E-state index in [1.807, 2.05) is 28.3 Å². The van der Waals surface area contributed by atoms with Crippen molar-refractivity contribution >= 4 is 11.3 Å². The van der Waals surface area contributed by atoms with Crippen molar-refractivity contribution < 1.29 is 0 Å². The van der Waals surface area contributed by atoms with E-state index in [9.17, 15) is 0 Å². The van der Waals surface area contributed by atoms with Crippen molar-refractivity contribution in [3.8, 4) is 0 Å². The topological polar surface area (TPSA) is 51.8 Å². The monoisotopic (exact) mass is 370 g/mol. The summed E-state index contributed by atoms with van der Waals surface area (Å²) in [6, 6.07) is 6.43. The van der Waals surface area contributed by atoms with Crippen LogP contribution in [0.1, 0.15) is 47.1 Å². The largest absolute Gasteiger partial charge is 0.313 e. The van der Waals surface area contributed by atoms with Gasteiger partial charge in [0.25, 0.3) is 0 Å². The van der Waals surface area contributed by atoms with Gasteiger partial charge in [-0.3, -0.25) is 9.58 Å². The fourth-order valence-electron chi connectivity index (χ4n) is 3.79. The number of hydrogen-bond donors (Lipinski definition) is 0. The van der Waals surface area contributed by atoms with E-state index in [4.69, 9.17) is 0 Å². The summed E-state index contributed by atoms with van der Waals surface area (Å²) in [5.74, 6) is 2.67. The molecule has 0 N–H and O–H groups in total. The third-order valence-corrected chi connectivity index (χ3v) is 6.15. The first kappa shape index (κ1) is 17.4. The number of rotatable bonds is 6. The van der Waals surface area contributed by atoms with Gasteiger partial charge < -0.3 is 4.57 Å². The van der Waals surface area contributed by atoms with Gasteiger partial charge in [0.2, 0.25) is 0 Å². The molecule has 6 nitrogen and oxygen atoms in total. The molecular formula is C19H26N6S. The molecule has 1 aliphatic heterocycles. The Morgan fingerprint density at radius 3 is 2.65 bits per heavy atom. The summed E-state index contributed by atoms with van der Waals surface area (Å²) >= 11 is 1.91. The number of likely N-dealkylation sites (tertiary alicyclic amines) is 1. The lowest BCUT2D eigenvalue weighted by Crippen LogP contribution is -2.33. The van der Waals surface area contributed by atoms with Gasteiger partial charge in [-0.05, 0) is 58.0 Å². The number of aromatic nitrogens is 5. The normalized spacial score (nSPS) is 16.4. The van der Waals surface area contributed by atoms with Crippen molar-refractivity contribution in [1.29, 1.82) is 0 Å². The van der Waals surface area contributed by atoms with Gasteiger partial charge in [0.1, 0.15) is 12.4 Å². The molecule has 0 spiro atoms. The molecule has 3 aromatic heterocycles. The minimum atomic E-state index is 0.509. The lowest BCUT2D eigenvalue weighted by atomic mass is 9.96. The first-order valence-corrected chi connectivity index (χ1v) is 10.2. The molecule has 4 rings (SSSR count). The molecular weight excluding hydrogens is 344 g/mol. The Kier molecular flexibility index (Phi) is 5.17. The Bertz CT molecular complexity index is 826. The van der Waals surface area contributed by atoms with Crippen molar-refractivity contribution in [3.05, 3.63) is 52.0 Å². The Morgan fingerprint density at radius 2 is 2.00 bits per heavy atom. The number of nitrogens with zero attached hydrogens (tertiary/aromatic N) is 6. The second-order valence-corrected chi connectivity index (χ2v) is 8.36. The molecule has 0 unspecified atom stereocenters. The Hall–Kier alpha value is -1.99. The second-order valence-electron chi connectivity index (χ2n) is 6.99. The van der Waals surface area contributed by atoms with E-state index >= 15 is 0 Å². The van der Waals surface area contributed by atoms with Crippen molar-refractivity contribution in [1.82, 2.24) is 29.4 Å². The van der Waals surface area contributed by atoms with E-state index < -0.39 is 0 Å². The lowest BCUT2D eigenvalue weighted by Gasteiger charge is -2.31. The van der Waals surface area contributed by atoms with Crippen LogP contribution in [-0.2, 0) is 19.6 Å². The fourth-order valence-corrected chi connectivity index (χ4v) is 4.72. The summed E-state index contributed by atoms with van der Waals surface area (Å²) in [7, 11) is 0. The molecule has 0 aliphatic carbocycles. The van der Waals surface area contributed by atoms with E-state index in [1.165, 1.54) is 9.75 Å². The smallest absolute Gasteiger partial charge is 0.154 e. The minimum absolute atomic E-state index is 0.509. The highest BCUT2D eigenvalue weighted by Crippen LogP contribution is 2.29. The summed E-state index contributed by atoms with van der Waals surface area (Å²) in [5.41, 5.74) is 0. The summed E-state index contributed by atoms with van der Waals surface area (Å²) in [6.45, 7) is 9.29. The zero-order chi connectivity index (χ0) is 17.9. The van der Waals surface area contributed by atoms with Crippen LogP contribution in [0.2, 0.25) is 0 Å². The summed E-state index contributed by atoms with van der Waals surface area (Å²) in [5, 5.41) is 13.3. The summed E-state index contributed by atoms with van der Waals surface area (Å²) < 4.78 is 4.19. The van der Waals surface area contributed by atoms with Gasteiger partial charge in [-0.2, -0.15) is 5.10 Å².